The second-order valence-electron chi connectivity index (χ2n) is 6.37. The average molecular weight is 321 g/mol. The van der Waals surface area contributed by atoms with Crippen LogP contribution >= 0.6 is 0 Å². The lowest BCUT2D eigenvalue weighted by molar-refractivity contribution is -0.142. The van der Waals surface area contributed by atoms with Crippen LogP contribution in [0.4, 0.5) is 0 Å². The van der Waals surface area contributed by atoms with Crippen LogP contribution in [0.25, 0.3) is 0 Å². The normalized spacial score (nSPS) is 24.0. The molecule has 2 aliphatic rings. The number of hydrogen-bond donors (Lipinski definition) is 1. The lowest BCUT2D eigenvalue weighted by Gasteiger charge is -2.17. The first kappa shape index (κ1) is 15.5. The van der Waals surface area contributed by atoms with E-state index in [1.54, 1.807) is 0 Å². The molecule has 0 spiro atoms. The van der Waals surface area contributed by atoms with Gasteiger partial charge in [-0.05, 0) is 24.7 Å². The number of hydrogen-bond acceptors (Lipinski definition) is 4. The fourth-order valence-corrected chi connectivity index (χ4v) is 3.28. The molecule has 0 aromatic carbocycles. The van der Waals surface area contributed by atoms with Crippen molar-refractivity contribution < 1.29 is 14.7 Å². The minimum absolute atomic E-state index is 0.00769. The van der Waals surface area contributed by atoms with Gasteiger partial charge in [0, 0.05) is 32.4 Å². The number of carboxylic acids is 1. The number of rotatable bonds is 4. The minimum atomic E-state index is -0.864. The van der Waals surface area contributed by atoms with Gasteiger partial charge in [0.25, 0.3) is 5.56 Å². The fraction of sp³-hybridized carbons (Fsp3) is 0.600. The van der Waals surface area contributed by atoms with E-state index in [-0.39, 0.29) is 24.9 Å². The van der Waals surface area contributed by atoms with E-state index >= 15 is 0 Å². The maximum atomic E-state index is 12.4. The summed E-state index contributed by atoms with van der Waals surface area (Å²) < 4.78 is 2.11. The van der Waals surface area contributed by atoms with Crippen molar-refractivity contribution in [2.45, 2.75) is 19.4 Å². The van der Waals surface area contributed by atoms with Crippen LogP contribution in [0.15, 0.2) is 21.9 Å². The van der Waals surface area contributed by atoms with E-state index in [2.05, 4.69) is 0 Å². The van der Waals surface area contributed by atoms with Crippen molar-refractivity contribution >= 4 is 11.9 Å². The number of aliphatic carboxylic acids is 1. The van der Waals surface area contributed by atoms with Crippen LogP contribution in [-0.4, -0.2) is 44.1 Å². The zero-order valence-corrected chi connectivity index (χ0v) is 12.8. The summed E-state index contributed by atoms with van der Waals surface area (Å²) in [5.41, 5.74) is -0.988. The number of aromatic nitrogens is 2. The van der Waals surface area contributed by atoms with Crippen LogP contribution in [0, 0.1) is 17.8 Å². The van der Waals surface area contributed by atoms with Crippen molar-refractivity contribution in [3.8, 4) is 0 Å². The summed E-state index contributed by atoms with van der Waals surface area (Å²) in [5, 5.41) is 9.33. The SMILES string of the molecule is Cn1c(=O)ccn(CC(=O)N2C[C@H](C(=O)O)[C@@H](C3CC3)C2)c1=O. The number of carbonyl (C=O) groups excluding carboxylic acids is 1. The Bertz CT molecular complexity index is 761. The molecular weight excluding hydrogens is 302 g/mol. The summed E-state index contributed by atoms with van der Waals surface area (Å²) in [6.07, 6.45) is 3.35. The van der Waals surface area contributed by atoms with Gasteiger partial charge in [0.2, 0.25) is 5.91 Å². The molecule has 1 aromatic heterocycles. The molecule has 1 amide bonds. The molecule has 1 N–H and O–H groups in total. The van der Waals surface area contributed by atoms with Crippen molar-refractivity contribution in [3.63, 3.8) is 0 Å². The van der Waals surface area contributed by atoms with Crippen LogP contribution in [0.1, 0.15) is 12.8 Å². The quantitative estimate of drug-likeness (QED) is 0.776. The first-order chi connectivity index (χ1) is 10.9. The van der Waals surface area contributed by atoms with E-state index in [0.29, 0.717) is 12.5 Å². The first-order valence-electron chi connectivity index (χ1n) is 7.65. The highest BCUT2D eigenvalue weighted by Crippen LogP contribution is 2.44. The summed E-state index contributed by atoms with van der Waals surface area (Å²) in [6.45, 7) is 0.438. The molecule has 1 aliphatic carbocycles. The average Bonchev–Trinajstić information content (AvgIpc) is 3.25. The highest BCUT2D eigenvalue weighted by atomic mass is 16.4. The van der Waals surface area contributed by atoms with Gasteiger partial charge in [-0.3, -0.25) is 23.5 Å². The van der Waals surface area contributed by atoms with Gasteiger partial charge in [-0.15, -0.1) is 0 Å². The minimum Gasteiger partial charge on any atom is -0.481 e. The van der Waals surface area contributed by atoms with Gasteiger partial charge < -0.3 is 10.0 Å². The summed E-state index contributed by atoms with van der Waals surface area (Å²) in [7, 11) is 1.35. The Morgan fingerprint density at radius 1 is 1.26 bits per heavy atom. The van der Waals surface area contributed by atoms with Gasteiger partial charge in [-0.2, -0.15) is 0 Å². The van der Waals surface area contributed by atoms with Crippen LogP contribution in [0.5, 0.6) is 0 Å². The van der Waals surface area contributed by atoms with E-state index in [1.165, 1.54) is 28.8 Å². The van der Waals surface area contributed by atoms with Gasteiger partial charge in [0.05, 0.1) is 5.92 Å². The monoisotopic (exact) mass is 321 g/mol. The molecular formula is C15H19N3O5. The highest BCUT2D eigenvalue weighted by Gasteiger charge is 2.46. The number of carboxylic acid groups (broad SMARTS) is 1. The zero-order valence-electron chi connectivity index (χ0n) is 12.8. The van der Waals surface area contributed by atoms with Crippen molar-refractivity contribution in [2.24, 2.45) is 24.8 Å². The lowest BCUT2D eigenvalue weighted by atomic mass is 9.92. The molecule has 2 fully saturated rings. The van der Waals surface area contributed by atoms with Gasteiger partial charge in [-0.1, -0.05) is 0 Å². The molecule has 2 heterocycles. The third-order valence-electron chi connectivity index (χ3n) is 4.83. The Kier molecular flexibility index (Phi) is 3.83. The molecule has 1 saturated heterocycles. The van der Waals surface area contributed by atoms with E-state index in [1.807, 2.05) is 0 Å². The van der Waals surface area contributed by atoms with Gasteiger partial charge in [-0.25, -0.2) is 4.79 Å². The van der Waals surface area contributed by atoms with E-state index < -0.39 is 23.1 Å². The maximum Gasteiger partial charge on any atom is 0.331 e. The van der Waals surface area contributed by atoms with Crippen molar-refractivity contribution in [2.75, 3.05) is 13.1 Å². The second kappa shape index (κ2) is 5.68. The van der Waals surface area contributed by atoms with Gasteiger partial charge in [0.15, 0.2) is 0 Å². The molecule has 8 heteroatoms. The Labute approximate surface area is 131 Å². The summed E-state index contributed by atoms with van der Waals surface area (Å²) >= 11 is 0. The predicted molar refractivity (Wildman–Crippen MR) is 79.9 cm³/mol. The number of likely N-dealkylation sites (tertiary alicyclic amines) is 1. The van der Waals surface area contributed by atoms with Crippen LogP contribution in [-0.2, 0) is 23.2 Å². The summed E-state index contributed by atoms with van der Waals surface area (Å²) in [4.78, 5) is 48.6. The van der Waals surface area contributed by atoms with Gasteiger partial charge >= 0.3 is 11.7 Å². The summed E-state index contributed by atoms with van der Waals surface area (Å²) in [6, 6.07) is 1.23. The third kappa shape index (κ3) is 2.93. The smallest absolute Gasteiger partial charge is 0.331 e. The number of amides is 1. The van der Waals surface area contributed by atoms with E-state index in [4.69, 9.17) is 0 Å². The summed E-state index contributed by atoms with van der Waals surface area (Å²) in [5.74, 6) is -1.28. The third-order valence-corrected chi connectivity index (χ3v) is 4.83. The van der Waals surface area contributed by atoms with E-state index in [9.17, 15) is 24.3 Å². The molecule has 0 bridgehead atoms. The molecule has 1 saturated carbocycles. The molecule has 124 valence electrons. The zero-order chi connectivity index (χ0) is 16.7. The van der Waals surface area contributed by atoms with Crippen LogP contribution < -0.4 is 11.2 Å². The maximum absolute atomic E-state index is 12.4. The largest absolute Gasteiger partial charge is 0.481 e. The second-order valence-corrected chi connectivity index (χ2v) is 6.37. The van der Waals surface area contributed by atoms with Gasteiger partial charge in [0.1, 0.15) is 6.54 Å². The fourth-order valence-electron chi connectivity index (χ4n) is 3.28. The molecule has 1 aromatic rings. The Morgan fingerprint density at radius 2 is 1.96 bits per heavy atom. The Hall–Kier alpha value is -2.38. The molecule has 8 nitrogen and oxygen atoms in total. The number of carbonyl (C=O) groups is 2. The van der Waals surface area contributed by atoms with Crippen molar-refractivity contribution in [1.29, 1.82) is 0 Å². The molecule has 0 radical (unpaired) electrons. The molecule has 23 heavy (non-hydrogen) atoms. The molecule has 2 atom stereocenters. The predicted octanol–water partition coefficient (Wildman–Crippen LogP) is -0.884. The van der Waals surface area contributed by atoms with Crippen molar-refractivity contribution in [1.82, 2.24) is 14.0 Å². The molecule has 1 aliphatic heterocycles. The van der Waals surface area contributed by atoms with Crippen LogP contribution in [0.2, 0.25) is 0 Å². The molecule has 0 unspecified atom stereocenters. The standard InChI is InChI=1S/C15H19N3O5/c1-16-12(19)4-5-17(15(16)23)8-13(20)18-6-10(9-2-3-9)11(7-18)14(21)22/h4-5,9-11H,2-3,6-8H2,1H3,(H,21,22)/t10-,11+/m1/s1. The van der Waals surface area contributed by atoms with Crippen LogP contribution in [0.3, 0.4) is 0 Å². The van der Waals surface area contributed by atoms with E-state index in [0.717, 1.165) is 17.4 Å². The Balaban J connectivity index is 1.74. The number of nitrogens with zero attached hydrogens (tertiary/aromatic N) is 3. The first-order valence-corrected chi connectivity index (χ1v) is 7.65. The topological polar surface area (TPSA) is 102 Å². The molecule has 3 rings (SSSR count). The van der Waals surface area contributed by atoms with Crippen molar-refractivity contribution in [3.05, 3.63) is 33.1 Å². The highest BCUT2D eigenvalue weighted by molar-refractivity contribution is 5.79. The Morgan fingerprint density at radius 3 is 2.57 bits per heavy atom. The lowest BCUT2D eigenvalue weighted by Crippen LogP contribution is -2.41.